The van der Waals surface area contributed by atoms with Crippen molar-refractivity contribution in [3.8, 4) is 0 Å². The second kappa shape index (κ2) is 19.4. The van der Waals surface area contributed by atoms with Gasteiger partial charge in [-0.05, 0) is 61.6 Å². The van der Waals surface area contributed by atoms with Crippen LogP contribution in [0.4, 0.5) is 5.69 Å². The van der Waals surface area contributed by atoms with Crippen LogP contribution in [0.1, 0.15) is 110 Å². The maximum absolute atomic E-state index is 12.7. The summed E-state index contributed by atoms with van der Waals surface area (Å²) in [6.45, 7) is 6.08. The Morgan fingerprint density at radius 2 is 1.83 bits per heavy atom. The van der Waals surface area contributed by atoms with E-state index in [9.17, 15) is 24.7 Å². The number of aliphatic hydroxyl groups is 1. The number of unbranched alkanes of at least 4 members (excludes halogenated alkanes) is 5. The van der Waals surface area contributed by atoms with Gasteiger partial charge in [-0.1, -0.05) is 83.6 Å². The summed E-state index contributed by atoms with van der Waals surface area (Å²) in [6, 6.07) is 5.27. The van der Waals surface area contributed by atoms with E-state index in [4.69, 9.17) is 9.94 Å². The molecule has 0 aliphatic heterocycles. The van der Waals surface area contributed by atoms with Crippen LogP contribution in [0.15, 0.2) is 36.4 Å². The molecule has 1 fully saturated rings. The van der Waals surface area contributed by atoms with Gasteiger partial charge < -0.3 is 25.6 Å². The molecule has 1 saturated carbocycles. The molecule has 9 nitrogen and oxygen atoms in total. The number of hydrogen-bond donors (Lipinski definition) is 3. The normalized spacial score (nSPS) is 18.4. The van der Waals surface area contributed by atoms with Crippen LogP contribution < -0.4 is 10.5 Å². The molecule has 1 aliphatic rings. The fraction of sp³-hybridized carbons (Fsp3) is 0.667. The van der Waals surface area contributed by atoms with Crippen LogP contribution in [0.25, 0.3) is 0 Å². The van der Waals surface area contributed by atoms with Crippen molar-refractivity contribution in [1.82, 2.24) is 5.32 Å². The highest BCUT2D eigenvalue weighted by molar-refractivity contribution is 5.84. The van der Waals surface area contributed by atoms with Crippen molar-refractivity contribution < 1.29 is 29.4 Å². The van der Waals surface area contributed by atoms with Gasteiger partial charge in [-0.15, -0.1) is 0 Å². The first-order chi connectivity index (χ1) is 20.1. The highest BCUT2D eigenvalue weighted by Gasteiger charge is 2.32. The van der Waals surface area contributed by atoms with E-state index in [2.05, 4.69) is 18.3 Å². The zero-order chi connectivity index (χ0) is 30.9. The Morgan fingerprint density at radius 1 is 1.12 bits per heavy atom. The number of carbonyl (C=O) groups excluding carboxylic acids is 3. The summed E-state index contributed by atoms with van der Waals surface area (Å²) in [5.41, 5.74) is 0.734. The minimum Gasteiger partial charge on any atom is -0.733 e. The van der Waals surface area contributed by atoms with Gasteiger partial charge in [0, 0.05) is 18.8 Å². The molecule has 0 unspecified atom stereocenters. The Labute approximate surface area is 251 Å². The van der Waals surface area contributed by atoms with Gasteiger partial charge in [0.05, 0.1) is 11.8 Å². The summed E-state index contributed by atoms with van der Waals surface area (Å²) in [5.74, 6) is 0.0510. The number of carbonyl (C=O) groups is 3. The molecule has 1 amide bonds. The number of ether oxygens (including phenoxy) is 1. The minimum atomic E-state index is -0.741. The first-order valence-electron chi connectivity index (χ1n) is 15.7. The predicted molar refractivity (Wildman–Crippen MR) is 163 cm³/mol. The van der Waals surface area contributed by atoms with Gasteiger partial charge in [0.1, 0.15) is 18.4 Å². The second-order valence-corrected chi connectivity index (χ2v) is 12.0. The standard InChI is InChI=1S/C33H51N2O7/c1-4-5-8-11-28(36)20-16-26-17-21-31(37)29(26)12-9-6-7-10-13-32(38)34-30(22-24(2)3)33(39)42-23-25-14-18-27(19-15-25)35(40)41/h14-16,18-20,24,26,28-30,36,40H,4-13,17,21-23H2,1-3H3,(H,34,38)/q-1/t26-,28+,29-,30-/m1/s1. The van der Waals surface area contributed by atoms with Crippen LogP contribution in [-0.2, 0) is 25.7 Å². The van der Waals surface area contributed by atoms with Gasteiger partial charge in [0.25, 0.3) is 0 Å². The fourth-order valence-electron chi connectivity index (χ4n) is 5.44. The highest BCUT2D eigenvalue weighted by Crippen LogP contribution is 2.34. The number of anilines is 1. The molecule has 2 rings (SSSR count). The molecular formula is C33H51N2O7-. The summed E-state index contributed by atoms with van der Waals surface area (Å²) < 4.78 is 5.41. The molecule has 0 radical (unpaired) electrons. The van der Waals surface area contributed by atoms with E-state index in [0.29, 0.717) is 37.0 Å². The van der Waals surface area contributed by atoms with Crippen LogP contribution >= 0.6 is 0 Å². The van der Waals surface area contributed by atoms with Crippen molar-refractivity contribution in [2.45, 2.75) is 123 Å². The molecule has 0 spiro atoms. The van der Waals surface area contributed by atoms with Crippen molar-refractivity contribution >= 4 is 23.3 Å². The number of ketones is 1. The molecule has 9 heteroatoms. The second-order valence-electron chi connectivity index (χ2n) is 12.0. The molecular weight excluding hydrogens is 536 g/mol. The number of allylic oxidation sites excluding steroid dienone is 1. The first-order valence-corrected chi connectivity index (χ1v) is 15.7. The summed E-state index contributed by atoms with van der Waals surface area (Å²) in [7, 11) is 0. The van der Waals surface area contributed by atoms with Crippen molar-refractivity contribution in [2.24, 2.45) is 17.8 Å². The molecule has 4 atom stereocenters. The Hall–Kier alpha value is -2.75. The zero-order valence-corrected chi connectivity index (χ0v) is 25.6. The minimum absolute atomic E-state index is 0.00640. The third-order valence-electron chi connectivity index (χ3n) is 7.87. The van der Waals surface area contributed by atoms with Crippen LogP contribution in [-0.4, -0.2) is 40.1 Å². The monoisotopic (exact) mass is 587 g/mol. The van der Waals surface area contributed by atoms with E-state index >= 15 is 0 Å². The smallest absolute Gasteiger partial charge is 0.328 e. The highest BCUT2D eigenvalue weighted by atomic mass is 16.8. The Kier molecular flexibility index (Phi) is 16.4. The van der Waals surface area contributed by atoms with Gasteiger partial charge in [0.2, 0.25) is 5.91 Å². The lowest BCUT2D eigenvalue weighted by atomic mass is 9.89. The summed E-state index contributed by atoms with van der Waals surface area (Å²) in [6.07, 6.45) is 14.1. The van der Waals surface area contributed by atoms with E-state index in [0.717, 1.165) is 57.8 Å². The molecule has 1 aromatic rings. The number of nitrogens with one attached hydrogen (secondary N) is 1. The number of Topliss-reactive ketones (excluding diaryl/α,β-unsaturated/α-hetero) is 1. The van der Waals surface area contributed by atoms with Gasteiger partial charge in [-0.3, -0.25) is 14.8 Å². The zero-order valence-electron chi connectivity index (χ0n) is 25.6. The largest absolute Gasteiger partial charge is 0.733 e. The third-order valence-corrected chi connectivity index (χ3v) is 7.87. The Bertz CT molecular complexity index is 977. The molecule has 1 aromatic carbocycles. The first kappa shape index (κ1) is 35.4. The van der Waals surface area contributed by atoms with Crippen LogP contribution in [0.3, 0.4) is 0 Å². The van der Waals surface area contributed by atoms with Crippen molar-refractivity contribution in [3.05, 3.63) is 47.2 Å². The Morgan fingerprint density at radius 3 is 2.50 bits per heavy atom. The number of amides is 1. The van der Waals surface area contributed by atoms with Gasteiger partial charge in [-0.25, -0.2) is 4.79 Å². The average molecular weight is 588 g/mol. The van der Waals surface area contributed by atoms with Crippen molar-refractivity contribution in [1.29, 1.82) is 0 Å². The molecule has 1 aliphatic carbocycles. The van der Waals surface area contributed by atoms with Gasteiger partial charge in [-0.2, -0.15) is 0 Å². The molecule has 0 heterocycles. The lowest BCUT2D eigenvalue weighted by molar-refractivity contribution is -0.149. The average Bonchev–Trinajstić information content (AvgIpc) is 3.30. The maximum Gasteiger partial charge on any atom is 0.328 e. The lowest BCUT2D eigenvalue weighted by Gasteiger charge is -2.22. The number of nitrogens with zero attached hydrogens (tertiary/aromatic N) is 1. The number of aliphatic hydroxyl groups excluding tert-OH is 1. The number of rotatable bonds is 20. The summed E-state index contributed by atoms with van der Waals surface area (Å²) >= 11 is 0. The van der Waals surface area contributed by atoms with Gasteiger partial charge >= 0.3 is 5.97 Å². The fourth-order valence-corrected chi connectivity index (χ4v) is 5.44. The van der Waals surface area contributed by atoms with E-state index in [1.54, 1.807) is 12.1 Å². The molecule has 236 valence electrons. The summed E-state index contributed by atoms with van der Waals surface area (Å²) in [4.78, 5) is 37.8. The molecule has 0 saturated heterocycles. The number of hydrogen-bond acceptors (Lipinski definition) is 8. The SMILES string of the molecule is CCCCC[C@H](O)C=C[C@@H]1CCC(=O)[C@@H]1CCCCCCC(=O)N[C@H](CC(C)C)C(=O)OCc1ccc(N([O-])O)cc1. The Balaban J connectivity index is 1.69. The molecule has 42 heavy (non-hydrogen) atoms. The van der Waals surface area contributed by atoms with E-state index in [1.165, 1.54) is 12.1 Å². The topological polar surface area (TPSA) is 139 Å². The van der Waals surface area contributed by atoms with Crippen molar-refractivity contribution in [3.63, 3.8) is 0 Å². The van der Waals surface area contributed by atoms with Crippen LogP contribution in [0, 0.1) is 23.0 Å². The quantitative estimate of drug-likeness (QED) is 0.0690. The van der Waals surface area contributed by atoms with Crippen LogP contribution in [0.5, 0.6) is 0 Å². The van der Waals surface area contributed by atoms with Gasteiger partial charge in [0.15, 0.2) is 0 Å². The lowest BCUT2D eigenvalue weighted by Crippen LogP contribution is -2.42. The van der Waals surface area contributed by atoms with Crippen molar-refractivity contribution in [2.75, 3.05) is 5.23 Å². The molecule has 3 N–H and O–H groups in total. The van der Waals surface area contributed by atoms with E-state index in [-0.39, 0.29) is 41.2 Å². The third kappa shape index (κ3) is 13.5. The molecule has 0 bridgehead atoms. The number of esters is 1. The van der Waals surface area contributed by atoms with Crippen LogP contribution in [0.2, 0.25) is 0 Å². The van der Waals surface area contributed by atoms with E-state index < -0.39 is 18.1 Å². The molecule has 0 aromatic heterocycles. The summed E-state index contributed by atoms with van der Waals surface area (Å²) in [5, 5.41) is 32.6. The number of benzene rings is 1. The van der Waals surface area contributed by atoms with E-state index in [1.807, 2.05) is 19.9 Å². The maximum atomic E-state index is 12.7. The predicted octanol–water partition coefficient (Wildman–Crippen LogP) is 6.39.